The summed E-state index contributed by atoms with van der Waals surface area (Å²) >= 11 is 0. The molecule has 3 rings (SSSR count). The quantitative estimate of drug-likeness (QED) is 0.617. The average Bonchev–Trinajstić information content (AvgIpc) is 2.67. The van der Waals surface area contributed by atoms with E-state index in [1.807, 2.05) is 30.3 Å². The maximum atomic E-state index is 12.8. The fraction of sp³-hybridized carbons (Fsp3) is 0.182. The monoisotopic (exact) mass is 381 g/mol. The lowest BCUT2D eigenvalue weighted by Gasteiger charge is -2.12. The maximum Gasteiger partial charge on any atom is 0.416 e. The Kier molecular flexibility index (Phi) is 5.36. The van der Waals surface area contributed by atoms with E-state index in [-0.39, 0.29) is 11.4 Å². The molecule has 0 aliphatic carbocycles. The molecule has 0 aliphatic heterocycles. The van der Waals surface area contributed by atoms with Crippen LogP contribution >= 0.6 is 0 Å². The topological polar surface area (TPSA) is 62.7 Å². The van der Waals surface area contributed by atoms with Crippen LogP contribution in [0, 0.1) is 11.3 Å². The van der Waals surface area contributed by atoms with E-state index in [2.05, 4.69) is 11.9 Å². The van der Waals surface area contributed by atoms with E-state index in [4.69, 9.17) is 5.73 Å². The molecule has 142 valence electrons. The van der Waals surface area contributed by atoms with Gasteiger partial charge >= 0.3 is 6.18 Å². The van der Waals surface area contributed by atoms with Gasteiger partial charge in [0.15, 0.2) is 0 Å². The van der Waals surface area contributed by atoms with Crippen molar-refractivity contribution in [1.82, 2.24) is 4.98 Å². The third kappa shape index (κ3) is 3.99. The zero-order valence-corrected chi connectivity index (χ0v) is 15.2. The van der Waals surface area contributed by atoms with Crippen molar-refractivity contribution in [3.05, 3.63) is 71.3 Å². The lowest BCUT2D eigenvalue weighted by molar-refractivity contribution is -0.137. The van der Waals surface area contributed by atoms with Gasteiger partial charge in [-0.3, -0.25) is 0 Å². The largest absolute Gasteiger partial charge is 0.416 e. The van der Waals surface area contributed by atoms with E-state index in [1.165, 1.54) is 17.7 Å². The van der Waals surface area contributed by atoms with Crippen molar-refractivity contribution in [3.63, 3.8) is 0 Å². The van der Waals surface area contributed by atoms with Crippen LogP contribution in [0.5, 0.6) is 0 Å². The van der Waals surface area contributed by atoms with Crippen LogP contribution in [0.2, 0.25) is 0 Å². The third-order valence-corrected chi connectivity index (χ3v) is 4.47. The first kappa shape index (κ1) is 19.4. The summed E-state index contributed by atoms with van der Waals surface area (Å²) in [5.74, 6) is 0.0486. The maximum absolute atomic E-state index is 12.8. The summed E-state index contributed by atoms with van der Waals surface area (Å²) in [6.45, 7) is 2.10. The molecule has 0 aliphatic rings. The Morgan fingerprint density at radius 1 is 1.00 bits per heavy atom. The summed E-state index contributed by atoms with van der Waals surface area (Å²) in [6, 6.07) is 16.2. The third-order valence-electron chi connectivity index (χ3n) is 4.47. The highest BCUT2D eigenvalue weighted by Gasteiger charge is 2.30. The molecule has 2 aromatic carbocycles. The highest BCUT2D eigenvalue weighted by atomic mass is 19.4. The average molecular weight is 381 g/mol. The van der Waals surface area contributed by atoms with Crippen LogP contribution in [0.4, 0.5) is 19.0 Å². The zero-order valence-electron chi connectivity index (χ0n) is 15.2. The van der Waals surface area contributed by atoms with E-state index in [1.54, 1.807) is 6.07 Å². The molecule has 0 bridgehead atoms. The van der Waals surface area contributed by atoms with Crippen LogP contribution in [-0.2, 0) is 12.6 Å². The van der Waals surface area contributed by atoms with Crippen LogP contribution in [0.1, 0.15) is 30.0 Å². The van der Waals surface area contributed by atoms with Crippen molar-refractivity contribution in [2.45, 2.75) is 25.9 Å². The standard InChI is InChI=1S/C22H18F3N3/c1-2-3-14-4-6-16(7-5-14)20-12-18(19(13-26)21(27)28-20)15-8-10-17(11-9-15)22(23,24)25/h4-12H,2-3H2,1H3,(H2,27,28). The zero-order chi connectivity index (χ0) is 20.3. The molecule has 28 heavy (non-hydrogen) atoms. The fourth-order valence-corrected chi connectivity index (χ4v) is 3.03. The van der Waals surface area contributed by atoms with E-state index >= 15 is 0 Å². The van der Waals surface area contributed by atoms with E-state index in [9.17, 15) is 18.4 Å². The number of hydrogen-bond donors (Lipinski definition) is 1. The number of aromatic nitrogens is 1. The summed E-state index contributed by atoms with van der Waals surface area (Å²) in [6.07, 6.45) is -2.40. The first-order chi connectivity index (χ1) is 13.3. The summed E-state index contributed by atoms with van der Waals surface area (Å²) in [4.78, 5) is 4.31. The number of halogens is 3. The van der Waals surface area contributed by atoms with Crippen LogP contribution < -0.4 is 5.73 Å². The highest BCUT2D eigenvalue weighted by Crippen LogP contribution is 2.34. The number of pyridine rings is 1. The molecule has 0 atom stereocenters. The first-order valence-corrected chi connectivity index (χ1v) is 8.81. The van der Waals surface area contributed by atoms with Crippen LogP contribution in [0.25, 0.3) is 22.4 Å². The van der Waals surface area contributed by atoms with Crippen LogP contribution in [0.3, 0.4) is 0 Å². The molecule has 3 nitrogen and oxygen atoms in total. The molecule has 0 unspecified atom stereocenters. The molecule has 6 heteroatoms. The Morgan fingerprint density at radius 3 is 2.14 bits per heavy atom. The van der Waals surface area contributed by atoms with Crippen molar-refractivity contribution >= 4 is 5.82 Å². The number of hydrogen-bond acceptors (Lipinski definition) is 3. The smallest absolute Gasteiger partial charge is 0.383 e. The second kappa shape index (κ2) is 7.73. The number of benzene rings is 2. The second-order valence-electron chi connectivity index (χ2n) is 6.45. The normalized spacial score (nSPS) is 11.2. The number of rotatable bonds is 4. The van der Waals surface area contributed by atoms with Gasteiger partial charge in [-0.15, -0.1) is 0 Å². The molecule has 0 fully saturated rings. The van der Waals surface area contributed by atoms with Gasteiger partial charge in [0.05, 0.1) is 11.3 Å². The number of aryl methyl sites for hydroxylation is 1. The summed E-state index contributed by atoms with van der Waals surface area (Å²) in [5, 5.41) is 9.45. The van der Waals surface area contributed by atoms with Gasteiger partial charge in [0.1, 0.15) is 17.5 Å². The predicted octanol–water partition coefficient (Wildman–Crippen LogP) is 5.84. The Bertz CT molecular complexity index is 1020. The van der Waals surface area contributed by atoms with Crippen molar-refractivity contribution in [2.24, 2.45) is 0 Å². The van der Waals surface area contributed by atoms with E-state index in [0.29, 0.717) is 16.8 Å². The van der Waals surface area contributed by atoms with Gasteiger partial charge in [-0.2, -0.15) is 18.4 Å². The highest BCUT2D eigenvalue weighted by molar-refractivity contribution is 5.80. The Morgan fingerprint density at radius 2 is 1.61 bits per heavy atom. The molecule has 0 saturated carbocycles. The number of nitriles is 1. The van der Waals surface area contributed by atoms with Gasteiger partial charge in [0.2, 0.25) is 0 Å². The number of anilines is 1. The summed E-state index contributed by atoms with van der Waals surface area (Å²) in [5.41, 5.74) is 8.89. The number of alkyl halides is 3. The van der Waals surface area contributed by atoms with Crippen molar-refractivity contribution in [3.8, 4) is 28.5 Å². The molecule has 0 saturated heterocycles. The molecule has 1 heterocycles. The number of nitrogen functional groups attached to an aromatic ring is 1. The molecular weight excluding hydrogens is 363 g/mol. The lowest BCUT2D eigenvalue weighted by Crippen LogP contribution is -2.04. The van der Waals surface area contributed by atoms with Gasteiger partial charge in [-0.05, 0) is 35.7 Å². The molecule has 1 aromatic heterocycles. The molecule has 0 spiro atoms. The van der Waals surface area contributed by atoms with E-state index in [0.717, 1.165) is 30.5 Å². The molecule has 0 amide bonds. The van der Waals surface area contributed by atoms with Crippen molar-refractivity contribution < 1.29 is 13.2 Å². The van der Waals surface area contributed by atoms with Gasteiger partial charge in [-0.1, -0.05) is 49.7 Å². The predicted molar refractivity (Wildman–Crippen MR) is 103 cm³/mol. The molecule has 0 radical (unpaired) electrons. The molecule has 3 aromatic rings. The van der Waals surface area contributed by atoms with Gasteiger partial charge in [0.25, 0.3) is 0 Å². The van der Waals surface area contributed by atoms with Crippen LogP contribution in [0.15, 0.2) is 54.6 Å². The number of nitrogens with two attached hydrogens (primary N) is 1. The minimum Gasteiger partial charge on any atom is -0.383 e. The van der Waals surface area contributed by atoms with Crippen LogP contribution in [-0.4, -0.2) is 4.98 Å². The van der Waals surface area contributed by atoms with Crippen molar-refractivity contribution in [1.29, 1.82) is 5.26 Å². The summed E-state index contributed by atoms with van der Waals surface area (Å²) in [7, 11) is 0. The van der Waals surface area contributed by atoms with Gasteiger partial charge < -0.3 is 5.73 Å². The second-order valence-corrected chi connectivity index (χ2v) is 6.45. The summed E-state index contributed by atoms with van der Waals surface area (Å²) < 4.78 is 38.5. The Balaban J connectivity index is 2.07. The minimum atomic E-state index is -4.42. The first-order valence-electron chi connectivity index (χ1n) is 8.81. The lowest BCUT2D eigenvalue weighted by atomic mass is 9.97. The van der Waals surface area contributed by atoms with E-state index < -0.39 is 11.7 Å². The van der Waals surface area contributed by atoms with Gasteiger partial charge in [0, 0.05) is 11.1 Å². The Hall–Kier alpha value is -3.33. The number of nitrogens with zero attached hydrogens (tertiary/aromatic N) is 2. The minimum absolute atomic E-state index is 0.0486. The molecule has 2 N–H and O–H groups in total. The SMILES string of the molecule is CCCc1ccc(-c2cc(-c3ccc(C(F)(F)F)cc3)c(C#N)c(N)n2)cc1. The van der Waals surface area contributed by atoms with Crippen molar-refractivity contribution in [2.75, 3.05) is 5.73 Å². The fourth-order valence-electron chi connectivity index (χ4n) is 3.03. The van der Waals surface area contributed by atoms with Gasteiger partial charge in [-0.25, -0.2) is 4.98 Å². The Labute approximate surface area is 161 Å². The molecular formula is C22H18F3N3.